The van der Waals surface area contributed by atoms with Crippen molar-refractivity contribution in [1.29, 1.82) is 0 Å². The number of carbonyl (C=O) groups is 1. The minimum Gasteiger partial charge on any atom is -0.750 e. The largest absolute Gasteiger partial charge is 1.00 e. The molecule has 2 atom stereocenters. The van der Waals surface area contributed by atoms with Crippen molar-refractivity contribution in [3.8, 4) is 0 Å². The summed E-state index contributed by atoms with van der Waals surface area (Å²) < 4.78 is 49.4. The van der Waals surface area contributed by atoms with Crippen LogP contribution in [0.15, 0.2) is 0 Å². The van der Waals surface area contributed by atoms with E-state index in [4.69, 9.17) is 36.5 Å². The van der Waals surface area contributed by atoms with Crippen molar-refractivity contribution in [1.82, 2.24) is 0 Å². The number of aliphatic carboxylic acids is 1. The van der Waals surface area contributed by atoms with Crippen LogP contribution < -0.4 is 93.8 Å². The number of rotatable bonds is 0. The molecule has 0 heterocycles. The number of hydrogen-bond acceptors (Lipinski definition) is 7. The molecule has 0 saturated heterocycles. The Morgan fingerprint density at radius 3 is 1.38 bits per heavy atom. The summed E-state index contributed by atoms with van der Waals surface area (Å²) >= 11 is 0.493. The van der Waals surface area contributed by atoms with Crippen molar-refractivity contribution in [3.63, 3.8) is 0 Å². The monoisotopic (exact) mass is 322 g/mol. The molecule has 0 aliphatic rings. The van der Waals surface area contributed by atoms with Crippen molar-refractivity contribution < 1.29 is 125 Å². The average Bonchev–Trinajstić information content (AvgIpc) is 1.50. The van der Waals surface area contributed by atoms with Crippen LogP contribution >= 0.6 is 0 Å². The smallest absolute Gasteiger partial charge is 0.750 e. The van der Waals surface area contributed by atoms with Gasteiger partial charge < -0.3 is 28.1 Å². The van der Waals surface area contributed by atoms with Crippen LogP contribution in [0.25, 0.3) is 0 Å². The molecule has 0 saturated carbocycles. The van der Waals surface area contributed by atoms with E-state index < -0.39 is 26.4 Å². The minimum absolute atomic E-state index is 0. The molecular formula is C2H5Na3O8S3. The van der Waals surface area contributed by atoms with Crippen LogP contribution in [0.3, 0.4) is 0 Å². The summed E-state index contributed by atoms with van der Waals surface area (Å²) in [7, 11) is -4.08. The van der Waals surface area contributed by atoms with E-state index in [1.54, 1.807) is 0 Å². The van der Waals surface area contributed by atoms with Gasteiger partial charge in [-0.25, -0.2) is 8.42 Å². The molecule has 0 aromatic heterocycles. The molecule has 0 radical (unpaired) electrons. The van der Waals surface area contributed by atoms with Gasteiger partial charge in [0, 0.05) is 5.97 Å². The minimum atomic E-state index is -4.08. The van der Waals surface area contributed by atoms with Crippen LogP contribution in [0.4, 0.5) is 0 Å². The molecule has 14 heteroatoms. The van der Waals surface area contributed by atoms with E-state index in [2.05, 4.69) is 11.2 Å². The maximum Gasteiger partial charge on any atom is 1.00 e. The van der Waals surface area contributed by atoms with E-state index in [0.717, 1.165) is 6.92 Å². The summed E-state index contributed by atoms with van der Waals surface area (Å²) in [6, 6.07) is 0. The van der Waals surface area contributed by atoms with Crippen molar-refractivity contribution in [2.75, 3.05) is 0 Å². The quantitative estimate of drug-likeness (QED) is 0.326. The third-order valence-corrected chi connectivity index (χ3v) is 0. The van der Waals surface area contributed by atoms with Gasteiger partial charge in [-0.2, -0.15) is 0 Å². The third kappa shape index (κ3) is 527. The molecule has 8 nitrogen and oxygen atoms in total. The van der Waals surface area contributed by atoms with Crippen molar-refractivity contribution in [2.24, 2.45) is 0 Å². The first-order valence-corrected chi connectivity index (χ1v) is 5.50. The van der Waals surface area contributed by atoms with Gasteiger partial charge >= 0.3 is 88.7 Å². The predicted octanol–water partition coefficient (Wildman–Crippen LogP) is -11.6. The Balaban J connectivity index is -0.0000000216. The van der Waals surface area contributed by atoms with Gasteiger partial charge in [0.05, 0.1) is 20.4 Å². The Labute approximate surface area is 167 Å². The molecule has 2 unspecified atom stereocenters. The van der Waals surface area contributed by atoms with Crippen molar-refractivity contribution in [3.05, 3.63) is 0 Å². The Hall–Kier alpha value is 2.83. The fourth-order valence-corrected chi connectivity index (χ4v) is 0. The van der Waals surface area contributed by atoms with Crippen LogP contribution in [0.5, 0.6) is 0 Å². The van der Waals surface area contributed by atoms with Crippen LogP contribution in [-0.4, -0.2) is 32.6 Å². The summed E-state index contributed by atoms with van der Waals surface area (Å²) in [6.07, 6.45) is 0. The van der Waals surface area contributed by atoms with Crippen molar-refractivity contribution >= 4 is 37.6 Å². The first-order valence-electron chi connectivity index (χ1n) is 2.11. The zero-order valence-corrected chi connectivity index (χ0v) is 17.5. The van der Waals surface area contributed by atoms with Gasteiger partial charge in [0.2, 0.25) is 0 Å². The summed E-state index contributed by atoms with van der Waals surface area (Å²) in [6.45, 7) is 0.972. The normalized spacial score (nSPS) is 12.1. The molecule has 0 aliphatic heterocycles. The van der Waals surface area contributed by atoms with E-state index in [0.29, 0.717) is 0 Å². The number of carboxylic acids is 1. The first-order chi connectivity index (χ1) is 5.46. The maximum atomic E-state index is 9.00. The van der Waals surface area contributed by atoms with Crippen LogP contribution in [0, 0.1) is 0 Å². The average molecular weight is 322 g/mol. The summed E-state index contributed by atoms with van der Waals surface area (Å²) in [4.78, 5) is 8.89. The van der Waals surface area contributed by atoms with Gasteiger partial charge in [-0.1, -0.05) is 0 Å². The fraction of sp³-hybridized carbons (Fsp3) is 0.500. The molecule has 0 spiro atoms. The van der Waals surface area contributed by atoms with Crippen molar-refractivity contribution in [2.45, 2.75) is 6.92 Å². The summed E-state index contributed by atoms with van der Waals surface area (Å²) in [5, 5.41) is 8.89. The molecule has 0 aromatic rings. The molecule has 0 fully saturated rings. The number of carboxylic acid groups (broad SMARTS) is 1. The Morgan fingerprint density at radius 1 is 1.38 bits per heavy atom. The maximum absolute atomic E-state index is 9.00. The van der Waals surface area contributed by atoms with E-state index in [9.17, 15) is 0 Å². The second kappa shape index (κ2) is 23.0. The second-order valence-electron chi connectivity index (χ2n) is 1.14. The Bertz CT molecular complexity index is 223. The van der Waals surface area contributed by atoms with Gasteiger partial charge in [0.25, 0.3) is 0 Å². The summed E-state index contributed by atoms with van der Waals surface area (Å²) in [5.74, 6) is -1.08. The topological polar surface area (TPSA) is 161 Å². The Morgan fingerprint density at radius 2 is 1.38 bits per heavy atom. The molecular weight excluding hydrogens is 317 g/mol. The summed E-state index contributed by atoms with van der Waals surface area (Å²) in [5.41, 5.74) is 0. The molecule has 0 bridgehead atoms. The van der Waals surface area contributed by atoms with E-state index in [-0.39, 0.29) is 88.7 Å². The zero-order chi connectivity index (χ0) is 11.7. The van der Waals surface area contributed by atoms with Gasteiger partial charge in [-0.05, 0) is 18.1 Å². The molecule has 0 amide bonds. The molecule has 82 valence electrons. The molecule has 2 N–H and O–H groups in total. The first kappa shape index (κ1) is 36.4. The van der Waals surface area contributed by atoms with Gasteiger partial charge in [-0.15, -0.1) is 0 Å². The zero-order valence-electron chi connectivity index (χ0n) is 9.07. The van der Waals surface area contributed by atoms with Gasteiger partial charge in [0.1, 0.15) is 0 Å². The molecule has 16 heavy (non-hydrogen) atoms. The van der Waals surface area contributed by atoms with E-state index in [1.807, 2.05) is 0 Å². The van der Waals surface area contributed by atoms with Crippen LogP contribution in [0.2, 0.25) is 0 Å². The molecule has 0 rings (SSSR count). The predicted molar refractivity (Wildman–Crippen MR) is 41.1 cm³/mol. The standard InChI is InChI=1S/C2H4O2.3Na.H2O3S2.H2O3S/c1-2(3)4;;;;1-5(2,3)4;1-4(2)3/h1H3,(H,3,4);;;;(H2,1,2,3,4);(H2,1,2,3)/q;3*+1;;/p-3. The number of hydrogen-bond donors (Lipinski definition) is 2. The molecule has 0 aliphatic carbocycles. The Kier molecular flexibility index (Phi) is 52.2. The fourth-order valence-electron chi connectivity index (χ4n) is 0. The van der Waals surface area contributed by atoms with Gasteiger partial charge in [0.15, 0.2) is 0 Å². The van der Waals surface area contributed by atoms with E-state index in [1.165, 1.54) is 0 Å². The number of carbonyl (C=O) groups excluding carboxylic acids is 1. The second-order valence-corrected chi connectivity index (χ2v) is 3.69. The van der Waals surface area contributed by atoms with E-state index >= 15 is 0 Å². The molecule has 0 aromatic carbocycles. The third-order valence-electron chi connectivity index (χ3n) is 0. The van der Waals surface area contributed by atoms with Gasteiger partial charge in [-0.3, -0.25) is 0 Å². The SMILES string of the molecule is CC(=O)[O-].O=S([O-])(O)=S.O=S([O-])O.[Na+].[Na+].[Na+]. The van der Waals surface area contributed by atoms with Crippen LogP contribution in [-0.2, 0) is 36.4 Å². The van der Waals surface area contributed by atoms with Crippen LogP contribution in [0.1, 0.15) is 6.92 Å².